The van der Waals surface area contributed by atoms with Crippen LogP contribution in [0.3, 0.4) is 0 Å². The van der Waals surface area contributed by atoms with Crippen LogP contribution in [-0.4, -0.2) is 14.1 Å². The molecule has 0 unspecified atom stereocenters. The number of aromatic nitrogens is 3. The van der Waals surface area contributed by atoms with Crippen LogP contribution in [0.15, 0.2) is 39.9 Å². The fourth-order valence-corrected chi connectivity index (χ4v) is 2.36. The van der Waals surface area contributed by atoms with Crippen LogP contribution in [0.2, 0.25) is 5.02 Å². The minimum absolute atomic E-state index is 0.330. The average Bonchev–Trinajstić information content (AvgIpc) is 2.89. The summed E-state index contributed by atoms with van der Waals surface area (Å²) in [7, 11) is 3.11. The van der Waals surface area contributed by atoms with Gasteiger partial charge in [0.15, 0.2) is 0 Å². The number of nitrogens with one attached hydrogen (secondary N) is 1. The van der Waals surface area contributed by atoms with Crippen molar-refractivity contribution in [2.24, 2.45) is 14.1 Å². The minimum Gasteiger partial charge on any atom is -0.349 e. The van der Waals surface area contributed by atoms with E-state index in [-0.39, 0.29) is 11.2 Å². The van der Waals surface area contributed by atoms with Crippen LogP contribution in [0.5, 0.6) is 0 Å². The second kappa shape index (κ2) is 4.38. The van der Waals surface area contributed by atoms with Gasteiger partial charge in [-0.25, -0.2) is 4.79 Å². The zero-order valence-corrected chi connectivity index (χ0v) is 11.7. The van der Waals surface area contributed by atoms with Crippen molar-refractivity contribution in [3.8, 4) is 11.3 Å². The van der Waals surface area contributed by atoms with Crippen LogP contribution < -0.4 is 11.2 Å². The molecule has 0 bridgehead atoms. The zero-order valence-electron chi connectivity index (χ0n) is 11.0. The third-order valence-electron chi connectivity index (χ3n) is 3.41. The molecule has 0 atom stereocenters. The van der Waals surface area contributed by atoms with Crippen molar-refractivity contribution in [2.45, 2.75) is 0 Å². The molecule has 1 N–H and O–H groups in total. The van der Waals surface area contributed by atoms with E-state index in [0.717, 1.165) is 15.8 Å². The van der Waals surface area contributed by atoms with Gasteiger partial charge in [0.25, 0.3) is 5.56 Å². The molecule has 0 aliphatic carbocycles. The van der Waals surface area contributed by atoms with Gasteiger partial charge in [-0.2, -0.15) is 0 Å². The van der Waals surface area contributed by atoms with Gasteiger partial charge in [0.2, 0.25) is 0 Å². The Kier molecular flexibility index (Phi) is 2.79. The summed E-state index contributed by atoms with van der Waals surface area (Å²) in [5, 5.41) is 0.646. The Balaban J connectivity index is 2.34. The fraction of sp³-hybridized carbons (Fsp3) is 0.143. The summed E-state index contributed by atoms with van der Waals surface area (Å²) in [5.41, 5.74) is 2.00. The van der Waals surface area contributed by atoms with E-state index in [2.05, 4.69) is 4.98 Å². The number of hydrogen-bond acceptors (Lipinski definition) is 2. The summed E-state index contributed by atoms with van der Waals surface area (Å²) in [6, 6.07) is 9.06. The lowest BCUT2D eigenvalue weighted by Crippen LogP contribution is -2.36. The Labute approximate surface area is 119 Å². The number of aryl methyl sites for hydroxylation is 1. The van der Waals surface area contributed by atoms with Crippen molar-refractivity contribution >= 4 is 22.6 Å². The number of hydrogen-bond donors (Lipinski definition) is 1. The SMILES string of the molecule is Cn1c(=O)c2[nH]c(-c3ccc(Cl)cc3)cc2n(C)c1=O. The molecule has 6 heteroatoms. The Hall–Kier alpha value is -2.27. The lowest BCUT2D eigenvalue weighted by Gasteiger charge is -2.02. The molecule has 0 radical (unpaired) electrons. The normalized spacial score (nSPS) is 11.2. The summed E-state index contributed by atoms with van der Waals surface area (Å²) in [4.78, 5) is 27.1. The minimum atomic E-state index is -0.343. The predicted octanol–water partition coefficient (Wildman–Crippen LogP) is 1.89. The number of benzene rings is 1. The molecule has 2 aromatic heterocycles. The summed E-state index contributed by atoms with van der Waals surface area (Å²) in [6.45, 7) is 0. The third-order valence-corrected chi connectivity index (χ3v) is 3.66. The van der Waals surface area contributed by atoms with E-state index in [4.69, 9.17) is 11.6 Å². The number of aromatic amines is 1. The van der Waals surface area contributed by atoms with Gasteiger partial charge in [0, 0.05) is 24.8 Å². The third kappa shape index (κ3) is 1.78. The van der Waals surface area contributed by atoms with Crippen LogP contribution in [0.25, 0.3) is 22.3 Å². The fourth-order valence-electron chi connectivity index (χ4n) is 2.24. The zero-order chi connectivity index (χ0) is 14.4. The van der Waals surface area contributed by atoms with Crippen LogP contribution in [-0.2, 0) is 14.1 Å². The molecular weight excluding hydrogens is 278 g/mol. The molecule has 3 aromatic rings. The topological polar surface area (TPSA) is 59.8 Å². The monoisotopic (exact) mass is 289 g/mol. The van der Waals surface area contributed by atoms with Crippen LogP contribution in [0.1, 0.15) is 0 Å². The molecule has 0 saturated heterocycles. The number of rotatable bonds is 1. The van der Waals surface area contributed by atoms with E-state index < -0.39 is 0 Å². The first kappa shape index (κ1) is 12.7. The van der Waals surface area contributed by atoms with Gasteiger partial charge in [-0.3, -0.25) is 13.9 Å². The summed E-state index contributed by atoms with van der Waals surface area (Å²) >= 11 is 5.86. The van der Waals surface area contributed by atoms with E-state index >= 15 is 0 Å². The number of halogens is 1. The van der Waals surface area contributed by atoms with Crippen molar-refractivity contribution in [3.05, 3.63) is 56.2 Å². The summed E-state index contributed by atoms with van der Waals surface area (Å²) in [6.07, 6.45) is 0. The van der Waals surface area contributed by atoms with E-state index in [0.29, 0.717) is 16.1 Å². The molecule has 0 amide bonds. The first-order chi connectivity index (χ1) is 9.49. The van der Waals surface area contributed by atoms with E-state index in [1.165, 1.54) is 11.6 Å². The molecular formula is C14H12ClN3O2. The van der Waals surface area contributed by atoms with E-state index in [1.807, 2.05) is 12.1 Å². The van der Waals surface area contributed by atoms with E-state index in [9.17, 15) is 9.59 Å². The number of fused-ring (bicyclic) bond motifs is 1. The van der Waals surface area contributed by atoms with Gasteiger partial charge >= 0.3 is 5.69 Å². The standard InChI is InChI=1S/C14H12ClN3O2/c1-17-11-7-10(8-3-5-9(15)6-4-8)16-12(11)13(19)18(2)14(17)20/h3-7,16H,1-2H3. The van der Waals surface area contributed by atoms with Crippen molar-refractivity contribution in [1.29, 1.82) is 0 Å². The first-order valence-corrected chi connectivity index (χ1v) is 6.41. The van der Waals surface area contributed by atoms with Crippen molar-refractivity contribution < 1.29 is 0 Å². The summed E-state index contributed by atoms with van der Waals surface area (Å²) in [5.74, 6) is 0. The second-order valence-corrected chi connectivity index (χ2v) is 5.09. The Morgan fingerprint density at radius 2 is 1.70 bits per heavy atom. The molecule has 5 nitrogen and oxygen atoms in total. The quantitative estimate of drug-likeness (QED) is 0.743. The molecule has 20 heavy (non-hydrogen) atoms. The van der Waals surface area contributed by atoms with Crippen LogP contribution in [0, 0.1) is 0 Å². The van der Waals surface area contributed by atoms with Crippen LogP contribution in [0.4, 0.5) is 0 Å². The molecule has 0 aliphatic heterocycles. The maximum Gasteiger partial charge on any atom is 0.331 e. The van der Waals surface area contributed by atoms with Crippen molar-refractivity contribution in [2.75, 3.05) is 0 Å². The maximum atomic E-state index is 12.1. The smallest absolute Gasteiger partial charge is 0.331 e. The molecule has 0 saturated carbocycles. The van der Waals surface area contributed by atoms with E-state index in [1.54, 1.807) is 25.2 Å². The molecule has 102 valence electrons. The Morgan fingerprint density at radius 3 is 2.35 bits per heavy atom. The number of H-pyrrole nitrogens is 1. The van der Waals surface area contributed by atoms with Crippen LogP contribution >= 0.6 is 11.6 Å². The van der Waals surface area contributed by atoms with Gasteiger partial charge in [-0.15, -0.1) is 0 Å². The Bertz CT molecular complexity index is 916. The first-order valence-electron chi connectivity index (χ1n) is 6.03. The summed E-state index contributed by atoms with van der Waals surface area (Å²) < 4.78 is 2.54. The molecule has 3 rings (SSSR count). The molecule has 0 fully saturated rings. The highest BCUT2D eigenvalue weighted by atomic mass is 35.5. The average molecular weight is 290 g/mol. The predicted molar refractivity (Wildman–Crippen MR) is 79.2 cm³/mol. The largest absolute Gasteiger partial charge is 0.349 e. The lowest BCUT2D eigenvalue weighted by molar-refractivity contribution is 0.713. The van der Waals surface area contributed by atoms with Crippen molar-refractivity contribution in [1.82, 2.24) is 14.1 Å². The van der Waals surface area contributed by atoms with Gasteiger partial charge in [-0.1, -0.05) is 23.7 Å². The van der Waals surface area contributed by atoms with Crippen molar-refractivity contribution in [3.63, 3.8) is 0 Å². The van der Waals surface area contributed by atoms with Gasteiger partial charge in [0.05, 0.1) is 5.52 Å². The maximum absolute atomic E-state index is 12.1. The van der Waals surface area contributed by atoms with Gasteiger partial charge in [0.1, 0.15) is 5.52 Å². The lowest BCUT2D eigenvalue weighted by atomic mass is 10.1. The highest BCUT2D eigenvalue weighted by Gasteiger charge is 2.12. The molecule has 2 heterocycles. The number of nitrogens with zero attached hydrogens (tertiary/aromatic N) is 2. The highest BCUT2D eigenvalue weighted by Crippen LogP contribution is 2.23. The molecule has 1 aromatic carbocycles. The molecule has 0 spiro atoms. The molecule has 0 aliphatic rings. The van der Waals surface area contributed by atoms with Gasteiger partial charge in [-0.05, 0) is 23.8 Å². The van der Waals surface area contributed by atoms with Gasteiger partial charge < -0.3 is 4.98 Å². The second-order valence-electron chi connectivity index (χ2n) is 4.66. The highest BCUT2D eigenvalue weighted by molar-refractivity contribution is 6.30. The Morgan fingerprint density at radius 1 is 1.05 bits per heavy atom.